The van der Waals surface area contributed by atoms with E-state index in [0.29, 0.717) is 0 Å². The fraction of sp³-hybridized carbons (Fsp3) is 0.429. The summed E-state index contributed by atoms with van der Waals surface area (Å²) in [4.78, 5) is 16.9. The summed E-state index contributed by atoms with van der Waals surface area (Å²) in [6, 6.07) is 7.98. The molecule has 4 N–H and O–H groups in total. The predicted octanol–water partition coefficient (Wildman–Crippen LogP) is 1.93. The number of ether oxygens (including phenoxy) is 2. The molecule has 2 aliphatic heterocycles. The van der Waals surface area contributed by atoms with E-state index < -0.39 is 50.5 Å². The van der Waals surface area contributed by atoms with Crippen LogP contribution in [0.2, 0.25) is 0 Å². The Kier molecular flexibility index (Phi) is 7.89. The van der Waals surface area contributed by atoms with Crippen LogP contribution in [-0.2, 0) is 30.0 Å². The van der Waals surface area contributed by atoms with Gasteiger partial charge in [-0.15, -0.1) is 0 Å². The number of halogens is 2. The molecule has 1 saturated heterocycles. The van der Waals surface area contributed by atoms with Crippen LogP contribution in [0.1, 0.15) is 12.5 Å². The van der Waals surface area contributed by atoms with Crippen LogP contribution in [-0.4, -0.2) is 65.5 Å². The minimum absolute atomic E-state index is 0.0328. The number of aliphatic imine (C=N–C) groups is 1. The van der Waals surface area contributed by atoms with Crippen LogP contribution in [0, 0.1) is 0 Å². The van der Waals surface area contributed by atoms with Crippen LogP contribution in [0.5, 0.6) is 0 Å². The summed E-state index contributed by atoms with van der Waals surface area (Å²) in [7, 11) is -3.66. The fourth-order valence-electron chi connectivity index (χ4n) is 3.32. The van der Waals surface area contributed by atoms with Gasteiger partial charge in [0.05, 0.1) is 6.61 Å². The van der Waals surface area contributed by atoms with Crippen LogP contribution in [0.15, 0.2) is 60.0 Å². The van der Waals surface area contributed by atoms with Gasteiger partial charge in [0.1, 0.15) is 30.4 Å². The summed E-state index contributed by atoms with van der Waals surface area (Å²) in [5.41, 5.74) is 6.30. The van der Waals surface area contributed by atoms with Gasteiger partial charge in [-0.2, -0.15) is 8.78 Å². The third-order valence-electron chi connectivity index (χ3n) is 5.08. The molecule has 0 spiro atoms. The maximum Gasteiger partial charge on any atom is 0.323 e. The van der Waals surface area contributed by atoms with E-state index >= 15 is 0 Å². The van der Waals surface area contributed by atoms with Gasteiger partial charge < -0.3 is 29.7 Å². The SMILES string of the molecule is C=C1N=C(N)C=CN1[C@@H]1O[C@H](COP(C)(=O)N[C@@H](C)C(=O)OCc2ccccc2)C(O)C1(F)F. The molecule has 0 radical (unpaired) electrons. The number of carbonyl (C=O) groups excluding carboxylic acids is 1. The molecule has 13 heteroatoms. The molecule has 0 amide bonds. The lowest BCUT2D eigenvalue weighted by molar-refractivity contribution is -0.148. The Bertz CT molecular complexity index is 1020. The molecule has 2 aliphatic rings. The smallest absolute Gasteiger partial charge is 0.323 e. The second-order valence-corrected chi connectivity index (χ2v) is 10.1. The predicted molar refractivity (Wildman–Crippen MR) is 120 cm³/mol. The molecule has 1 aromatic rings. The van der Waals surface area contributed by atoms with E-state index in [2.05, 4.69) is 16.7 Å². The molecule has 2 heterocycles. The zero-order valence-corrected chi connectivity index (χ0v) is 19.5. The topological polar surface area (TPSA) is 136 Å². The molecule has 2 unspecified atom stereocenters. The molecule has 0 saturated carbocycles. The van der Waals surface area contributed by atoms with Crippen molar-refractivity contribution in [1.29, 1.82) is 0 Å². The van der Waals surface area contributed by atoms with Crippen molar-refractivity contribution in [3.8, 4) is 0 Å². The van der Waals surface area contributed by atoms with Crippen molar-refractivity contribution in [3.63, 3.8) is 0 Å². The maximum absolute atomic E-state index is 14.7. The number of aliphatic hydroxyl groups is 1. The fourth-order valence-corrected chi connectivity index (χ4v) is 4.63. The number of nitrogens with zero attached hydrogens (tertiary/aromatic N) is 2. The average Bonchev–Trinajstić information content (AvgIpc) is 3.00. The normalized spacial score (nSPS) is 26.6. The number of aliphatic hydroxyl groups excluding tert-OH is 1. The van der Waals surface area contributed by atoms with Gasteiger partial charge in [0.25, 0.3) is 7.52 Å². The van der Waals surface area contributed by atoms with Crippen LogP contribution in [0.3, 0.4) is 0 Å². The maximum atomic E-state index is 14.7. The van der Waals surface area contributed by atoms with E-state index in [1.807, 2.05) is 6.07 Å². The minimum Gasteiger partial charge on any atom is -0.460 e. The lowest BCUT2D eigenvalue weighted by Gasteiger charge is -2.31. The first kappa shape index (κ1) is 26.0. The van der Waals surface area contributed by atoms with Gasteiger partial charge in [-0.3, -0.25) is 9.36 Å². The zero-order valence-electron chi connectivity index (χ0n) is 18.6. The number of carbonyl (C=O) groups is 1. The molecule has 1 aromatic carbocycles. The zero-order chi connectivity index (χ0) is 25.1. The molecule has 186 valence electrons. The van der Waals surface area contributed by atoms with Gasteiger partial charge in [-0.25, -0.2) is 10.1 Å². The Hall–Kier alpha value is -2.63. The average molecular weight is 500 g/mol. The number of nitrogens with two attached hydrogens (primary N) is 1. The number of alkyl halides is 2. The van der Waals surface area contributed by atoms with Crippen molar-refractivity contribution in [2.75, 3.05) is 13.3 Å². The molecular weight excluding hydrogens is 473 g/mol. The van der Waals surface area contributed by atoms with E-state index in [4.69, 9.17) is 19.7 Å². The van der Waals surface area contributed by atoms with Gasteiger partial charge in [0, 0.05) is 12.9 Å². The van der Waals surface area contributed by atoms with Crippen LogP contribution < -0.4 is 10.8 Å². The van der Waals surface area contributed by atoms with Crippen LogP contribution >= 0.6 is 7.52 Å². The van der Waals surface area contributed by atoms with E-state index in [9.17, 15) is 23.2 Å². The second kappa shape index (κ2) is 10.3. The highest BCUT2D eigenvalue weighted by Gasteiger charge is 2.61. The Balaban J connectivity index is 1.54. The number of esters is 1. The summed E-state index contributed by atoms with van der Waals surface area (Å²) < 4.78 is 57.9. The minimum atomic E-state index is -3.72. The number of nitrogens with one attached hydrogen (secondary N) is 1. The van der Waals surface area contributed by atoms with Gasteiger partial charge in [-0.1, -0.05) is 36.9 Å². The van der Waals surface area contributed by atoms with Crippen LogP contribution in [0.4, 0.5) is 8.78 Å². The number of hydrogen-bond donors (Lipinski definition) is 3. The lowest BCUT2D eigenvalue weighted by Crippen LogP contribution is -2.47. The Morgan fingerprint density at radius 3 is 2.76 bits per heavy atom. The summed E-state index contributed by atoms with van der Waals surface area (Å²) >= 11 is 0. The van der Waals surface area contributed by atoms with Crippen LogP contribution in [0.25, 0.3) is 0 Å². The molecule has 1 fully saturated rings. The van der Waals surface area contributed by atoms with Gasteiger partial charge in [0.15, 0.2) is 6.10 Å². The molecular formula is C21H27F2N4O6P. The first-order valence-corrected chi connectivity index (χ1v) is 12.4. The largest absolute Gasteiger partial charge is 0.460 e. The summed E-state index contributed by atoms with van der Waals surface area (Å²) in [5, 5.41) is 12.6. The summed E-state index contributed by atoms with van der Waals surface area (Å²) in [6.07, 6.45) is -3.19. The molecule has 3 rings (SSSR count). The quantitative estimate of drug-likeness (QED) is 0.343. The Morgan fingerprint density at radius 1 is 1.44 bits per heavy atom. The van der Waals surface area contributed by atoms with Gasteiger partial charge in [-0.05, 0) is 18.6 Å². The number of rotatable bonds is 9. The van der Waals surface area contributed by atoms with E-state index in [-0.39, 0.29) is 18.3 Å². The third-order valence-corrected chi connectivity index (χ3v) is 6.58. The highest BCUT2D eigenvalue weighted by molar-refractivity contribution is 7.56. The summed E-state index contributed by atoms with van der Waals surface area (Å²) in [6.45, 7) is 5.57. The van der Waals surface area contributed by atoms with E-state index in [1.165, 1.54) is 25.9 Å². The van der Waals surface area contributed by atoms with Gasteiger partial charge >= 0.3 is 11.9 Å². The first-order valence-electron chi connectivity index (χ1n) is 10.3. The van der Waals surface area contributed by atoms with Crippen molar-refractivity contribution in [2.45, 2.75) is 43.9 Å². The van der Waals surface area contributed by atoms with Crippen molar-refractivity contribution in [1.82, 2.24) is 9.99 Å². The highest BCUT2D eigenvalue weighted by Crippen LogP contribution is 2.43. The Labute approximate surface area is 195 Å². The lowest BCUT2D eigenvalue weighted by atomic mass is 10.1. The number of benzene rings is 1. The molecule has 10 nitrogen and oxygen atoms in total. The molecule has 5 atom stereocenters. The molecule has 0 aliphatic carbocycles. The molecule has 0 bridgehead atoms. The van der Waals surface area contributed by atoms with Gasteiger partial charge in [0.2, 0.25) is 6.23 Å². The van der Waals surface area contributed by atoms with Crippen molar-refractivity contribution in [2.24, 2.45) is 10.7 Å². The number of amidine groups is 1. The highest BCUT2D eigenvalue weighted by atomic mass is 31.2. The number of hydrogen-bond acceptors (Lipinski definition) is 9. The standard InChI is InChI=1S/C21H27F2N4O6P/c1-13(19(29)31-11-15-7-5-4-6-8-15)26-34(3,30)32-12-16-18(28)21(22,23)20(33-16)27-10-9-17(24)25-14(27)2/h4-10,13,16,18,20,28H,2,11-12H2,1,3H3,(H2,24,25)(H,26,30)/t13-,16+,18?,20+,34?/m0/s1. The first-order chi connectivity index (χ1) is 15.9. The van der Waals surface area contributed by atoms with Crippen molar-refractivity contribution < 1.29 is 37.2 Å². The summed E-state index contributed by atoms with van der Waals surface area (Å²) in [5.74, 6) is -4.40. The second-order valence-electron chi connectivity index (χ2n) is 7.91. The molecule has 0 aromatic heterocycles. The molecule has 34 heavy (non-hydrogen) atoms. The van der Waals surface area contributed by atoms with Crippen molar-refractivity contribution in [3.05, 3.63) is 60.6 Å². The Morgan fingerprint density at radius 2 is 2.12 bits per heavy atom. The third kappa shape index (κ3) is 6.08. The van der Waals surface area contributed by atoms with E-state index in [1.54, 1.807) is 24.3 Å². The van der Waals surface area contributed by atoms with E-state index in [0.717, 1.165) is 10.5 Å². The van der Waals surface area contributed by atoms with Crippen molar-refractivity contribution >= 4 is 19.3 Å². The monoisotopic (exact) mass is 500 g/mol.